The number of halogens is 4. The standard InChI is InChI=1S/C19H13ClF3N5O4/c1-27-14(29)5-11(17(26-27)31-2)8-28-9-25-16(19(21,22)23)15(18(28)30)32-13-4-10(7-24)3-12(20)6-13/h3-6,9H,8H2,1-2H3. The molecule has 166 valence electrons. The van der Waals surface area contributed by atoms with Gasteiger partial charge >= 0.3 is 6.18 Å². The van der Waals surface area contributed by atoms with E-state index < -0.39 is 28.7 Å². The molecule has 0 atom stereocenters. The van der Waals surface area contributed by atoms with E-state index in [0.29, 0.717) is 6.33 Å². The predicted octanol–water partition coefficient (Wildman–Crippen LogP) is 2.73. The number of hydrogen-bond acceptors (Lipinski definition) is 7. The molecule has 2 heterocycles. The van der Waals surface area contributed by atoms with Gasteiger partial charge in [-0.05, 0) is 18.2 Å². The lowest BCUT2D eigenvalue weighted by Gasteiger charge is -2.15. The smallest absolute Gasteiger partial charge is 0.437 e. The Balaban J connectivity index is 2.13. The number of rotatable bonds is 5. The molecule has 32 heavy (non-hydrogen) atoms. The van der Waals surface area contributed by atoms with Crippen LogP contribution in [0.2, 0.25) is 5.02 Å². The molecule has 0 saturated heterocycles. The van der Waals surface area contributed by atoms with Gasteiger partial charge in [-0.3, -0.25) is 14.2 Å². The second kappa shape index (κ2) is 8.72. The molecule has 3 rings (SSSR count). The van der Waals surface area contributed by atoms with E-state index in [1.165, 1.54) is 20.2 Å². The Kier molecular flexibility index (Phi) is 6.22. The monoisotopic (exact) mass is 467 g/mol. The normalized spacial score (nSPS) is 11.2. The van der Waals surface area contributed by atoms with Crippen LogP contribution in [0, 0.1) is 11.3 Å². The molecule has 9 nitrogen and oxygen atoms in total. The number of ether oxygens (including phenoxy) is 2. The molecule has 0 bridgehead atoms. The van der Waals surface area contributed by atoms with E-state index in [2.05, 4.69) is 10.1 Å². The highest BCUT2D eigenvalue weighted by atomic mass is 35.5. The Morgan fingerprint density at radius 1 is 1.22 bits per heavy atom. The highest BCUT2D eigenvalue weighted by Crippen LogP contribution is 2.35. The maximum Gasteiger partial charge on any atom is 0.437 e. The minimum atomic E-state index is -5.01. The van der Waals surface area contributed by atoms with Gasteiger partial charge in [-0.25, -0.2) is 9.67 Å². The van der Waals surface area contributed by atoms with Crippen molar-refractivity contribution in [1.29, 1.82) is 5.26 Å². The lowest BCUT2D eigenvalue weighted by atomic mass is 10.2. The fourth-order valence-corrected chi connectivity index (χ4v) is 2.93. The van der Waals surface area contributed by atoms with Gasteiger partial charge in [0.2, 0.25) is 11.6 Å². The molecule has 0 spiro atoms. The Bertz CT molecular complexity index is 1340. The van der Waals surface area contributed by atoms with E-state index in [9.17, 15) is 22.8 Å². The van der Waals surface area contributed by atoms with Crippen LogP contribution in [0.3, 0.4) is 0 Å². The van der Waals surface area contributed by atoms with E-state index in [1.807, 2.05) is 0 Å². The van der Waals surface area contributed by atoms with Crippen molar-refractivity contribution in [2.75, 3.05) is 7.11 Å². The van der Waals surface area contributed by atoms with E-state index >= 15 is 0 Å². The SMILES string of the molecule is COc1nn(C)c(=O)cc1Cn1cnc(C(F)(F)F)c(Oc2cc(Cl)cc(C#N)c2)c1=O. The number of aromatic nitrogens is 4. The third-order valence-corrected chi connectivity index (χ3v) is 4.37. The highest BCUT2D eigenvalue weighted by molar-refractivity contribution is 6.30. The summed E-state index contributed by atoms with van der Waals surface area (Å²) in [5.41, 5.74) is -3.12. The number of hydrogen-bond donors (Lipinski definition) is 0. The third kappa shape index (κ3) is 4.73. The highest BCUT2D eigenvalue weighted by Gasteiger charge is 2.38. The lowest BCUT2D eigenvalue weighted by molar-refractivity contribution is -0.142. The van der Waals surface area contributed by atoms with Gasteiger partial charge in [-0.15, -0.1) is 5.10 Å². The summed E-state index contributed by atoms with van der Waals surface area (Å²) in [6, 6.07) is 6.45. The van der Waals surface area contributed by atoms with Crippen LogP contribution in [0.15, 0.2) is 40.2 Å². The minimum absolute atomic E-state index is 0.00475. The van der Waals surface area contributed by atoms with Gasteiger partial charge in [0, 0.05) is 23.7 Å². The van der Waals surface area contributed by atoms with E-state index in [-0.39, 0.29) is 34.3 Å². The van der Waals surface area contributed by atoms with Crippen molar-refractivity contribution in [2.24, 2.45) is 7.05 Å². The molecular formula is C19H13ClF3N5O4. The van der Waals surface area contributed by atoms with Crippen molar-refractivity contribution < 1.29 is 22.6 Å². The molecule has 3 aromatic rings. The van der Waals surface area contributed by atoms with Crippen molar-refractivity contribution in [2.45, 2.75) is 12.7 Å². The summed E-state index contributed by atoms with van der Waals surface area (Å²) >= 11 is 5.86. The summed E-state index contributed by atoms with van der Waals surface area (Å²) in [4.78, 5) is 28.1. The van der Waals surface area contributed by atoms with Crippen molar-refractivity contribution >= 4 is 11.6 Å². The first-order valence-electron chi connectivity index (χ1n) is 8.70. The van der Waals surface area contributed by atoms with E-state index in [1.54, 1.807) is 6.07 Å². The van der Waals surface area contributed by atoms with Crippen LogP contribution in [0.4, 0.5) is 13.2 Å². The first-order valence-corrected chi connectivity index (χ1v) is 9.07. The fraction of sp³-hybridized carbons (Fsp3) is 0.211. The maximum absolute atomic E-state index is 13.5. The molecule has 0 amide bonds. The number of benzene rings is 1. The second-order valence-corrected chi connectivity index (χ2v) is 6.82. The maximum atomic E-state index is 13.5. The Hall–Kier alpha value is -3.85. The quantitative estimate of drug-likeness (QED) is 0.567. The predicted molar refractivity (Wildman–Crippen MR) is 105 cm³/mol. The van der Waals surface area contributed by atoms with Crippen LogP contribution < -0.4 is 20.6 Å². The van der Waals surface area contributed by atoms with Gasteiger partial charge in [-0.1, -0.05) is 11.6 Å². The topological polar surface area (TPSA) is 112 Å². The Morgan fingerprint density at radius 3 is 2.56 bits per heavy atom. The summed E-state index contributed by atoms with van der Waals surface area (Å²) in [5, 5.41) is 12.9. The van der Waals surface area contributed by atoms with Crippen LogP contribution in [0.25, 0.3) is 0 Å². The summed E-state index contributed by atoms with van der Waals surface area (Å²) < 4.78 is 52.5. The number of alkyl halides is 3. The van der Waals surface area contributed by atoms with Crippen LogP contribution in [0.5, 0.6) is 17.4 Å². The summed E-state index contributed by atoms with van der Waals surface area (Å²) in [5.74, 6) is -1.39. The van der Waals surface area contributed by atoms with Gasteiger partial charge in [0.1, 0.15) is 5.75 Å². The van der Waals surface area contributed by atoms with E-state index in [4.69, 9.17) is 26.3 Å². The molecule has 0 radical (unpaired) electrons. The van der Waals surface area contributed by atoms with Crippen LogP contribution in [-0.2, 0) is 19.8 Å². The van der Waals surface area contributed by atoms with Crippen molar-refractivity contribution in [1.82, 2.24) is 19.3 Å². The van der Waals surface area contributed by atoms with Crippen LogP contribution in [-0.4, -0.2) is 26.4 Å². The van der Waals surface area contributed by atoms with E-state index in [0.717, 1.165) is 27.4 Å². The molecule has 13 heteroatoms. The molecule has 0 fully saturated rings. The molecule has 0 saturated carbocycles. The van der Waals surface area contributed by atoms with Gasteiger partial charge in [0.15, 0.2) is 5.69 Å². The average molecular weight is 468 g/mol. The van der Waals surface area contributed by atoms with Gasteiger partial charge < -0.3 is 9.47 Å². The summed E-state index contributed by atoms with van der Waals surface area (Å²) in [6.07, 6.45) is -4.33. The van der Waals surface area contributed by atoms with Crippen molar-refractivity contribution in [3.05, 3.63) is 73.1 Å². The Morgan fingerprint density at radius 2 is 1.94 bits per heavy atom. The molecule has 2 aromatic heterocycles. The molecule has 0 aliphatic heterocycles. The average Bonchev–Trinajstić information content (AvgIpc) is 2.72. The third-order valence-electron chi connectivity index (χ3n) is 4.15. The summed E-state index contributed by atoms with van der Waals surface area (Å²) in [6.45, 7) is -0.369. The van der Waals surface area contributed by atoms with Crippen LogP contribution in [0.1, 0.15) is 16.8 Å². The van der Waals surface area contributed by atoms with Gasteiger partial charge in [0.25, 0.3) is 11.1 Å². The largest absolute Gasteiger partial charge is 0.480 e. The first kappa shape index (κ1) is 22.8. The van der Waals surface area contributed by atoms with Crippen LogP contribution >= 0.6 is 11.6 Å². The van der Waals surface area contributed by atoms with Gasteiger partial charge in [-0.2, -0.15) is 18.4 Å². The Labute approximate surface area is 182 Å². The molecular weight excluding hydrogens is 455 g/mol. The fourth-order valence-electron chi connectivity index (χ4n) is 2.70. The van der Waals surface area contributed by atoms with Crippen molar-refractivity contribution in [3.8, 4) is 23.4 Å². The zero-order chi connectivity index (χ0) is 23.6. The number of nitriles is 1. The number of nitrogens with zero attached hydrogens (tertiary/aromatic N) is 5. The number of aryl methyl sites for hydroxylation is 1. The molecule has 0 N–H and O–H groups in total. The summed E-state index contributed by atoms with van der Waals surface area (Å²) in [7, 11) is 2.66. The minimum Gasteiger partial charge on any atom is -0.480 e. The number of methoxy groups -OCH3 is 1. The van der Waals surface area contributed by atoms with Gasteiger partial charge in [0.05, 0.1) is 31.6 Å². The molecule has 1 aromatic carbocycles. The second-order valence-electron chi connectivity index (χ2n) is 6.38. The molecule has 0 aliphatic carbocycles. The molecule has 0 unspecified atom stereocenters. The zero-order valence-corrected chi connectivity index (χ0v) is 17.2. The lowest BCUT2D eigenvalue weighted by Crippen LogP contribution is -2.28. The zero-order valence-electron chi connectivity index (χ0n) is 16.5. The van der Waals surface area contributed by atoms with Crippen molar-refractivity contribution in [3.63, 3.8) is 0 Å². The first-order chi connectivity index (χ1) is 15.0. The molecule has 0 aliphatic rings.